The molecule has 0 saturated carbocycles. The largest absolute Gasteiger partial charge is 0.453 e. The number of ketones is 1. The minimum absolute atomic E-state index is 0.0236. The number of Topliss-reactive ketones (excluding diaryl/α,β-unsaturated/α-hetero) is 1. The van der Waals surface area contributed by atoms with Gasteiger partial charge in [0.1, 0.15) is 6.04 Å². The Balaban J connectivity index is 1.98. The monoisotopic (exact) mass is 474 g/mol. The van der Waals surface area contributed by atoms with Gasteiger partial charge in [0.05, 0.1) is 4.90 Å². The molecule has 2 rings (SSSR count). The lowest BCUT2D eigenvalue weighted by atomic mass is 9.95. The van der Waals surface area contributed by atoms with Crippen molar-refractivity contribution in [1.82, 2.24) is 4.72 Å². The molecule has 0 aromatic heterocycles. The average molecular weight is 475 g/mol. The van der Waals surface area contributed by atoms with Gasteiger partial charge in [-0.3, -0.25) is 14.4 Å². The fourth-order valence-corrected chi connectivity index (χ4v) is 3.86. The molecule has 2 aromatic carbocycles. The highest BCUT2D eigenvalue weighted by atomic mass is 32.2. The number of aryl methyl sites for hydroxylation is 1. The Hall–Kier alpha value is -3.04. The van der Waals surface area contributed by atoms with Crippen molar-refractivity contribution in [1.29, 1.82) is 0 Å². The molecule has 2 aromatic rings. The predicted molar refractivity (Wildman–Crippen MR) is 125 cm³/mol. The van der Waals surface area contributed by atoms with Gasteiger partial charge in [-0.2, -0.15) is 4.72 Å². The number of carbonyl (C=O) groups is 3. The maximum absolute atomic E-state index is 12.6. The quantitative estimate of drug-likeness (QED) is 0.447. The summed E-state index contributed by atoms with van der Waals surface area (Å²) in [5.41, 5.74) is 1.17. The maximum atomic E-state index is 12.6. The van der Waals surface area contributed by atoms with E-state index < -0.39 is 39.3 Å². The Morgan fingerprint density at radius 2 is 1.45 bits per heavy atom. The Morgan fingerprint density at radius 1 is 0.909 bits per heavy atom. The number of hydrogen-bond acceptors (Lipinski definition) is 6. The van der Waals surface area contributed by atoms with Gasteiger partial charge in [0, 0.05) is 16.7 Å². The number of benzene rings is 2. The van der Waals surface area contributed by atoms with E-state index in [4.69, 9.17) is 4.74 Å². The van der Waals surface area contributed by atoms with E-state index in [2.05, 4.69) is 10.0 Å². The number of ether oxygens (including phenoxy) is 1. The van der Waals surface area contributed by atoms with Crippen molar-refractivity contribution in [2.45, 2.75) is 58.6 Å². The number of esters is 1. The lowest BCUT2D eigenvalue weighted by Crippen LogP contribution is -2.41. The van der Waals surface area contributed by atoms with E-state index in [-0.39, 0.29) is 16.4 Å². The second-order valence-electron chi connectivity index (χ2n) is 8.88. The maximum Gasteiger partial charge on any atom is 0.324 e. The lowest BCUT2D eigenvalue weighted by molar-refractivity contribution is -0.147. The summed E-state index contributed by atoms with van der Waals surface area (Å²) in [5.74, 6) is -1.49. The van der Waals surface area contributed by atoms with Crippen LogP contribution in [-0.4, -0.2) is 38.2 Å². The topological polar surface area (TPSA) is 119 Å². The standard InChI is InChI=1S/C24H30N2O6S/c1-15-7-13-20(14-8-15)33(30,31)26-16(2)22(28)32-17(3)21(27)18-9-11-19(12-10-18)25-23(29)24(4,5)6/h7-14,16-17,26H,1-6H3,(H,25,29)/t16-,17?/m0/s1. The van der Waals surface area contributed by atoms with Gasteiger partial charge in [0.15, 0.2) is 6.10 Å². The summed E-state index contributed by atoms with van der Waals surface area (Å²) in [6, 6.07) is 11.2. The van der Waals surface area contributed by atoms with Crippen LogP contribution in [0.3, 0.4) is 0 Å². The lowest BCUT2D eigenvalue weighted by Gasteiger charge is -2.18. The highest BCUT2D eigenvalue weighted by Gasteiger charge is 2.27. The molecule has 2 atom stereocenters. The number of hydrogen-bond donors (Lipinski definition) is 2. The van der Waals surface area contributed by atoms with Gasteiger partial charge in [-0.15, -0.1) is 0 Å². The zero-order valence-electron chi connectivity index (χ0n) is 19.6. The molecule has 0 radical (unpaired) electrons. The van der Waals surface area contributed by atoms with Crippen LogP contribution >= 0.6 is 0 Å². The molecule has 0 heterocycles. The highest BCUT2D eigenvalue weighted by Crippen LogP contribution is 2.19. The molecule has 8 nitrogen and oxygen atoms in total. The molecule has 0 bridgehead atoms. The first-order valence-electron chi connectivity index (χ1n) is 10.5. The summed E-state index contributed by atoms with van der Waals surface area (Å²) in [4.78, 5) is 37.1. The van der Waals surface area contributed by atoms with E-state index in [0.29, 0.717) is 5.69 Å². The normalized spacial score (nSPS) is 13.6. The molecule has 9 heteroatoms. The third kappa shape index (κ3) is 7.23. The van der Waals surface area contributed by atoms with Crippen LogP contribution in [0.15, 0.2) is 53.4 Å². The first-order chi connectivity index (χ1) is 15.2. The zero-order chi connectivity index (χ0) is 25.0. The first-order valence-corrected chi connectivity index (χ1v) is 11.9. The van der Waals surface area contributed by atoms with Gasteiger partial charge < -0.3 is 10.1 Å². The van der Waals surface area contributed by atoms with Crippen LogP contribution in [0.1, 0.15) is 50.5 Å². The molecule has 0 aliphatic rings. The number of amides is 1. The first kappa shape index (κ1) is 26.2. The molecule has 0 saturated heterocycles. The number of rotatable bonds is 8. The SMILES string of the molecule is Cc1ccc(S(=O)(=O)N[C@@H](C)C(=O)OC(C)C(=O)c2ccc(NC(=O)C(C)(C)C)cc2)cc1. The van der Waals surface area contributed by atoms with E-state index in [0.717, 1.165) is 5.56 Å². The molecule has 0 aliphatic heterocycles. The molecule has 0 aliphatic carbocycles. The molecule has 2 N–H and O–H groups in total. The van der Waals surface area contributed by atoms with Crippen molar-refractivity contribution >= 4 is 33.4 Å². The van der Waals surface area contributed by atoms with Crippen molar-refractivity contribution in [2.75, 3.05) is 5.32 Å². The van der Waals surface area contributed by atoms with Crippen molar-refractivity contribution in [3.63, 3.8) is 0 Å². The summed E-state index contributed by atoms with van der Waals surface area (Å²) in [6.45, 7) is 9.96. The minimum atomic E-state index is -3.93. The van der Waals surface area contributed by atoms with Crippen molar-refractivity contribution in [3.05, 3.63) is 59.7 Å². The molecule has 0 fully saturated rings. The summed E-state index contributed by atoms with van der Waals surface area (Å²) in [5, 5.41) is 2.76. The minimum Gasteiger partial charge on any atom is -0.453 e. The smallest absolute Gasteiger partial charge is 0.324 e. The number of sulfonamides is 1. The van der Waals surface area contributed by atoms with E-state index in [1.165, 1.54) is 38.1 Å². The van der Waals surface area contributed by atoms with Crippen LogP contribution in [0.25, 0.3) is 0 Å². The van der Waals surface area contributed by atoms with Crippen LogP contribution in [-0.2, 0) is 24.3 Å². The summed E-state index contributed by atoms with van der Waals surface area (Å²) in [7, 11) is -3.93. The van der Waals surface area contributed by atoms with Crippen molar-refractivity contribution in [3.8, 4) is 0 Å². The van der Waals surface area contributed by atoms with Crippen LogP contribution in [0.4, 0.5) is 5.69 Å². The molecular formula is C24H30N2O6S. The zero-order valence-corrected chi connectivity index (χ0v) is 20.4. The Morgan fingerprint density at radius 3 is 1.97 bits per heavy atom. The summed E-state index contributed by atoms with van der Waals surface area (Å²) in [6.07, 6.45) is -1.13. The Labute approximate surface area is 194 Å². The third-order valence-corrected chi connectivity index (χ3v) is 6.34. The highest BCUT2D eigenvalue weighted by molar-refractivity contribution is 7.89. The molecule has 1 unspecified atom stereocenters. The van der Waals surface area contributed by atoms with Gasteiger partial charge >= 0.3 is 5.97 Å². The summed E-state index contributed by atoms with van der Waals surface area (Å²) < 4.78 is 32.4. The van der Waals surface area contributed by atoms with Gasteiger partial charge in [-0.1, -0.05) is 38.5 Å². The number of nitrogens with one attached hydrogen (secondary N) is 2. The fourth-order valence-electron chi connectivity index (χ4n) is 2.67. The Bertz CT molecular complexity index is 1120. The average Bonchev–Trinajstić information content (AvgIpc) is 2.73. The predicted octanol–water partition coefficient (Wildman–Crippen LogP) is 3.46. The van der Waals surface area contributed by atoms with Crippen LogP contribution in [0.2, 0.25) is 0 Å². The van der Waals surface area contributed by atoms with Crippen molar-refractivity contribution < 1.29 is 27.5 Å². The molecular weight excluding hydrogens is 444 g/mol. The van der Waals surface area contributed by atoms with Gasteiger partial charge in [0.2, 0.25) is 21.7 Å². The van der Waals surface area contributed by atoms with Gasteiger partial charge in [-0.05, 0) is 57.2 Å². The van der Waals surface area contributed by atoms with Crippen LogP contribution < -0.4 is 10.0 Å². The van der Waals surface area contributed by atoms with Crippen molar-refractivity contribution in [2.24, 2.45) is 5.41 Å². The second kappa shape index (κ2) is 10.3. The fraction of sp³-hybridized carbons (Fsp3) is 0.375. The van der Waals surface area contributed by atoms with E-state index in [9.17, 15) is 22.8 Å². The number of anilines is 1. The van der Waals surface area contributed by atoms with E-state index in [1.54, 1.807) is 45.0 Å². The second-order valence-corrected chi connectivity index (χ2v) is 10.6. The number of carbonyl (C=O) groups excluding carboxylic acids is 3. The molecule has 33 heavy (non-hydrogen) atoms. The third-order valence-electron chi connectivity index (χ3n) is 4.79. The van der Waals surface area contributed by atoms with Crippen LogP contribution in [0, 0.1) is 12.3 Å². The molecule has 1 amide bonds. The molecule has 0 spiro atoms. The Kier molecular flexibility index (Phi) is 8.16. The van der Waals surface area contributed by atoms with Gasteiger partial charge in [0.25, 0.3) is 0 Å². The van der Waals surface area contributed by atoms with E-state index in [1.807, 2.05) is 6.92 Å². The van der Waals surface area contributed by atoms with Crippen LogP contribution in [0.5, 0.6) is 0 Å². The molecule has 178 valence electrons. The van der Waals surface area contributed by atoms with Gasteiger partial charge in [-0.25, -0.2) is 8.42 Å². The summed E-state index contributed by atoms with van der Waals surface area (Å²) >= 11 is 0. The van der Waals surface area contributed by atoms with E-state index >= 15 is 0 Å².